The highest BCUT2D eigenvalue weighted by Crippen LogP contribution is 2.22. The Morgan fingerprint density at radius 3 is 2.28 bits per heavy atom. The van der Waals surface area contributed by atoms with Crippen molar-refractivity contribution in [3.05, 3.63) is 28.8 Å². The van der Waals surface area contributed by atoms with Crippen molar-refractivity contribution in [1.29, 1.82) is 0 Å². The maximum Gasteiger partial charge on any atom is 0.309 e. The van der Waals surface area contributed by atoms with E-state index in [0.29, 0.717) is 6.61 Å². The summed E-state index contributed by atoms with van der Waals surface area (Å²) in [5.41, 5.74) is 4.30. The van der Waals surface area contributed by atoms with Gasteiger partial charge in [0.05, 0.1) is 25.6 Å². The van der Waals surface area contributed by atoms with Gasteiger partial charge in [0, 0.05) is 18.5 Å². The monoisotopic (exact) mass is 347 g/mol. The Balaban J connectivity index is 1.94. The van der Waals surface area contributed by atoms with Crippen LogP contribution in [0.25, 0.3) is 0 Å². The molecule has 0 bridgehead atoms. The van der Waals surface area contributed by atoms with E-state index in [1.807, 2.05) is 27.7 Å². The fraction of sp³-hybridized carbons (Fsp3) is 0.600. The Morgan fingerprint density at radius 1 is 1.20 bits per heavy atom. The van der Waals surface area contributed by atoms with Gasteiger partial charge >= 0.3 is 5.97 Å². The Bertz CT molecular complexity index is 611. The average Bonchev–Trinajstić information content (AvgIpc) is 2.57. The molecule has 1 fully saturated rings. The minimum Gasteiger partial charge on any atom is -0.466 e. The van der Waals surface area contributed by atoms with Crippen LogP contribution in [0.3, 0.4) is 0 Å². The minimum absolute atomic E-state index is 0.0134. The van der Waals surface area contributed by atoms with Crippen LogP contribution in [0.2, 0.25) is 0 Å². The Labute approximate surface area is 150 Å². The standard InChI is InChI=1S/C20H30N2O3/c1-6-25-20(24)17-7-9-22(10-8-17)16(5)19(23)21-18-14(3)11-13(2)12-15(18)4/h11-12,16-17H,6-10H2,1-5H3,(H,21,23)/p+1/t16-/m0/s1. The second kappa shape index (κ2) is 8.48. The second-order valence-electron chi connectivity index (χ2n) is 7.17. The first-order chi connectivity index (χ1) is 11.8. The number of esters is 1. The maximum atomic E-state index is 12.7. The van der Waals surface area contributed by atoms with E-state index in [0.717, 1.165) is 42.7 Å². The number of quaternary nitrogens is 1. The number of hydrogen-bond acceptors (Lipinski definition) is 3. The van der Waals surface area contributed by atoms with Gasteiger partial charge in [-0.1, -0.05) is 17.7 Å². The Morgan fingerprint density at radius 2 is 1.76 bits per heavy atom. The first-order valence-electron chi connectivity index (χ1n) is 9.23. The highest BCUT2D eigenvalue weighted by molar-refractivity contribution is 5.95. The van der Waals surface area contributed by atoms with Crippen LogP contribution in [0.1, 0.15) is 43.4 Å². The second-order valence-corrected chi connectivity index (χ2v) is 7.17. The van der Waals surface area contributed by atoms with Crippen LogP contribution in [0, 0.1) is 26.7 Å². The quantitative estimate of drug-likeness (QED) is 0.799. The average molecular weight is 347 g/mol. The summed E-state index contributed by atoms with van der Waals surface area (Å²) in [5, 5.41) is 3.11. The molecule has 1 amide bonds. The van der Waals surface area contributed by atoms with Crippen molar-refractivity contribution in [2.45, 2.75) is 53.5 Å². The van der Waals surface area contributed by atoms with E-state index in [4.69, 9.17) is 4.74 Å². The zero-order chi connectivity index (χ0) is 18.6. The number of ether oxygens (including phenoxy) is 1. The first-order valence-corrected chi connectivity index (χ1v) is 9.23. The number of likely N-dealkylation sites (tertiary alicyclic amines) is 1. The number of rotatable bonds is 5. The third-order valence-corrected chi connectivity index (χ3v) is 5.18. The van der Waals surface area contributed by atoms with Crippen molar-refractivity contribution >= 4 is 17.6 Å². The molecule has 0 spiro atoms. The van der Waals surface area contributed by atoms with Gasteiger partial charge < -0.3 is 15.0 Å². The molecular formula is C20H31N2O3+. The zero-order valence-electron chi connectivity index (χ0n) is 16.1. The molecule has 0 aliphatic carbocycles. The molecule has 2 N–H and O–H groups in total. The number of amides is 1. The lowest BCUT2D eigenvalue weighted by atomic mass is 9.96. The first kappa shape index (κ1) is 19.4. The summed E-state index contributed by atoms with van der Waals surface area (Å²) in [6, 6.07) is 4.04. The smallest absolute Gasteiger partial charge is 0.309 e. The van der Waals surface area contributed by atoms with Crippen LogP contribution in [0.4, 0.5) is 5.69 Å². The predicted molar refractivity (Wildman–Crippen MR) is 98.8 cm³/mol. The predicted octanol–water partition coefficient (Wildman–Crippen LogP) is 1.80. The number of anilines is 1. The van der Waals surface area contributed by atoms with Crippen LogP contribution in [0.5, 0.6) is 0 Å². The SMILES string of the molecule is CCOC(=O)C1CC[NH+]([C@@H](C)C(=O)Nc2c(C)cc(C)cc2C)CC1. The van der Waals surface area contributed by atoms with E-state index in [9.17, 15) is 9.59 Å². The van der Waals surface area contributed by atoms with Crippen molar-refractivity contribution in [2.24, 2.45) is 5.92 Å². The molecule has 0 saturated carbocycles. The van der Waals surface area contributed by atoms with E-state index in [1.165, 1.54) is 10.5 Å². The van der Waals surface area contributed by atoms with Gasteiger partial charge in [0.15, 0.2) is 6.04 Å². The van der Waals surface area contributed by atoms with Gasteiger partial charge in [-0.25, -0.2) is 0 Å². The number of benzene rings is 1. The summed E-state index contributed by atoms with van der Waals surface area (Å²) < 4.78 is 5.11. The summed E-state index contributed by atoms with van der Waals surface area (Å²) >= 11 is 0. The number of hydrogen-bond donors (Lipinski definition) is 2. The molecule has 1 aromatic carbocycles. The summed E-state index contributed by atoms with van der Waals surface area (Å²) in [6.07, 6.45) is 1.57. The molecule has 1 aliphatic heterocycles. The molecule has 1 heterocycles. The Kier molecular flexibility index (Phi) is 6.59. The van der Waals surface area contributed by atoms with E-state index in [2.05, 4.69) is 24.4 Å². The van der Waals surface area contributed by atoms with Gasteiger partial charge in [-0.3, -0.25) is 9.59 Å². The lowest BCUT2D eigenvalue weighted by Crippen LogP contribution is -3.17. The molecule has 5 nitrogen and oxygen atoms in total. The maximum absolute atomic E-state index is 12.7. The largest absolute Gasteiger partial charge is 0.466 e. The van der Waals surface area contributed by atoms with Crippen molar-refractivity contribution in [3.8, 4) is 0 Å². The summed E-state index contributed by atoms with van der Waals surface area (Å²) in [4.78, 5) is 25.8. The lowest BCUT2D eigenvalue weighted by Gasteiger charge is -2.31. The number of carbonyl (C=O) groups excluding carboxylic acids is 2. The van der Waals surface area contributed by atoms with E-state index < -0.39 is 0 Å². The van der Waals surface area contributed by atoms with Crippen LogP contribution >= 0.6 is 0 Å². The number of aryl methyl sites for hydroxylation is 3. The summed E-state index contributed by atoms with van der Waals surface area (Å²) in [7, 11) is 0. The number of nitrogens with one attached hydrogen (secondary N) is 2. The van der Waals surface area contributed by atoms with Crippen LogP contribution in [0.15, 0.2) is 12.1 Å². The van der Waals surface area contributed by atoms with Crippen molar-refractivity contribution < 1.29 is 19.2 Å². The van der Waals surface area contributed by atoms with Gasteiger partial charge in [-0.2, -0.15) is 0 Å². The molecule has 0 radical (unpaired) electrons. The van der Waals surface area contributed by atoms with Gasteiger partial charge in [0.25, 0.3) is 5.91 Å². The van der Waals surface area contributed by atoms with Crippen molar-refractivity contribution in [1.82, 2.24) is 0 Å². The third-order valence-electron chi connectivity index (χ3n) is 5.18. The topological polar surface area (TPSA) is 59.8 Å². The molecule has 1 atom stereocenters. The van der Waals surface area contributed by atoms with Crippen molar-refractivity contribution in [2.75, 3.05) is 25.0 Å². The molecule has 1 aliphatic rings. The molecule has 2 rings (SSSR count). The minimum atomic E-state index is -0.136. The molecule has 1 aromatic rings. The molecule has 5 heteroatoms. The van der Waals surface area contributed by atoms with Crippen molar-refractivity contribution in [3.63, 3.8) is 0 Å². The van der Waals surface area contributed by atoms with Gasteiger partial charge in [0.1, 0.15) is 0 Å². The Hall–Kier alpha value is -1.88. The highest BCUT2D eigenvalue weighted by Gasteiger charge is 2.33. The fourth-order valence-corrected chi connectivity index (χ4v) is 3.71. The van der Waals surface area contributed by atoms with Crippen LogP contribution in [-0.4, -0.2) is 37.6 Å². The number of piperidine rings is 1. The highest BCUT2D eigenvalue weighted by atomic mass is 16.5. The third kappa shape index (κ3) is 4.82. The summed E-state index contributed by atoms with van der Waals surface area (Å²) in [6.45, 7) is 12.0. The van der Waals surface area contributed by atoms with Gasteiger partial charge in [-0.15, -0.1) is 0 Å². The molecule has 25 heavy (non-hydrogen) atoms. The zero-order valence-corrected chi connectivity index (χ0v) is 16.1. The number of carbonyl (C=O) groups is 2. The fourth-order valence-electron chi connectivity index (χ4n) is 3.71. The normalized spacial score (nSPS) is 21.5. The van der Waals surface area contributed by atoms with E-state index in [1.54, 1.807) is 0 Å². The van der Waals surface area contributed by atoms with E-state index >= 15 is 0 Å². The van der Waals surface area contributed by atoms with E-state index in [-0.39, 0.29) is 23.8 Å². The van der Waals surface area contributed by atoms with Gasteiger partial charge in [0.2, 0.25) is 0 Å². The molecule has 1 saturated heterocycles. The lowest BCUT2D eigenvalue weighted by molar-refractivity contribution is -0.919. The van der Waals surface area contributed by atoms with Crippen LogP contribution in [-0.2, 0) is 14.3 Å². The van der Waals surface area contributed by atoms with Gasteiger partial charge in [-0.05, 0) is 45.7 Å². The molecule has 0 aromatic heterocycles. The molecule has 138 valence electrons. The molecular weight excluding hydrogens is 316 g/mol. The molecule has 0 unspecified atom stereocenters. The van der Waals surface area contributed by atoms with Crippen LogP contribution < -0.4 is 10.2 Å². The summed E-state index contributed by atoms with van der Waals surface area (Å²) in [5.74, 6) is -0.0650.